The minimum Gasteiger partial charge on any atom is -0.389 e. The van der Waals surface area contributed by atoms with Gasteiger partial charge in [-0.25, -0.2) is 13.2 Å². The molecule has 0 saturated heterocycles. The number of thiocarbonyl (C=S) groups is 1. The number of hydrogen-bond donors (Lipinski definition) is 1. The molecule has 0 unspecified atom stereocenters. The van der Waals surface area contributed by atoms with Crippen LogP contribution >= 0.6 is 12.2 Å². The summed E-state index contributed by atoms with van der Waals surface area (Å²) in [7, 11) is 1.46. The van der Waals surface area contributed by atoms with Gasteiger partial charge >= 0.3 is 0 Å². The van der Waals surface area contributed by atoms with Gasteiger partial charge in [0, 0.05) is 18.3 Å². The van der Waals surface area contributed by atoms with E-state index in [1.165, 1.54) is 24.1 Å². The Balaban J connectivity index is 2.92. The van der Waals surface area contributed by atoms with Crippen LogP contribution in [0, 0.1) is 5.82 Å². The molecule has 0 aliphatic heterocycles. The van der Waals surface area contributed by atoms with Gasteiger partial charge in [0.2, 0.25) is 0 Å². The van der Waals surface area contributed by atoms with Gasteiger partial charge in [0.1, 0.15) is 10.8 Å². The Morgan fingerprint density at radius 1 is 1.50 bits per heavy atom. The van der Waals surface area contributed by atoms with Crippen molar-refractivity contribution in [2.45, 2.75) is 6.43 Å². The second kappa shape index (κ2) is 5.16. The topological polar surface area (TPSA) is 29.3 Å². The molecule has 1 aromatic rings. The Morgan fingerprint density at radius 2 is 2.12 bits per heavy atom. The summed E-state index contributed by atoms with van der Waals surface area (Å²) in [6, 6.07) is 4.02. The average Bonchev–Trinajstić information content (AvgIpc) is 2.15. The summed E-state index contributed by atoms with van der Waals surface area (Å²) in [5, 5.41) is 0. The van der Waals surface area contributed by atoms with Crippen LogP contribution < -0.4 is 10.6 Å². The maximum absolute atomic E-state index is 13.4. The molecule has 1 rings (SSSR count). The summed E-state index contributed by atoms with van der Waals surface area (Å²) in [6.07, 6.45) is -2.47. The van der Waals surface area contributed by atoms with Gasteiger partial charge in [0.15, 0.2) is 0 Å². The molecule has 0 amide bonds. The zero-order chi connectivity index (χ0) is 12.3. The molecule has 0 bridgehead atoms. The van der Waals surface area contributed by atoms with Crippen LogP contribution in [0.25, 0.3) is 0 Å². The van der Waals surface area contributed by atoms with E-state index < -0.39 is 18.8 Å². The van der Waals surface area contributed by atoms with Crippen LogP contribution in [0.3, 0.4) is 0 Å². The van der Waals surface area contributed by atoms with E-state index in [9.17, 15) is 13.2 Å². The molecule has 0 aliphatic carbocycles. The smallest absolute Gasteiger partial charge is 0.255 e. The summed E-state index contributed by atoms with van der Waals surface area (Å²) in [6.45, 7) is -0.453. The second-order valence-electron chi connectivity index (χ2n) is 3.30. The zero-order valence-corrected chi connectivity index (χ0v) is 9.40. The molecule has 0 atom stereocenters. The molecule has 0 spiro atoms. The molecule has 88 valence electrons. The van der Waals surface area contributed by atoms with E-state index in [4.69, 9.17) is 5.73 Å². The Kier molecular flexibility index (Phi) is 4.12. The van der Waals surface area contributed by atoms with Crippen LogP contribution in [0.2, 0.25) is 0 Å². The summed E-state index contributed by atoms with van der Waals surface area (Å²) < 4.78 is 37.6. The average molecular weight is 248 g/mol. The van der Waals surface area contributed by atoms with Gasteiger partial charge in [-0.3, -0.25) is 0 Å². The van der Waals surface area contributed by atoms with Crippen LogP contribution in [-0.4, -0.2) is 25.0 Å². The summed E-state index contributed by atoms with van der Waals surface area (Å²) in [5.41, 5.74) is 5.75. The number of hydrogen-bond acceptors (Lipinski definition) is 2. The fraction of sp³-hybridized carbons (Fsp3) is 0.300. The number of halogens is 3. The van der Waals surface area contributed by atoms with Gasteiger partial charge in [0.05, 0.1) is 6.54 Å². The lowest BCUT2D eigenvalue weighted by molar-refractivity contribution is 0.156. The van der Waals surface area contributed by atoms with Crippen molar-refractivity contribution in [3.8, 4) is 0 Å². The Labute approximate surface area is 96.8 Å². The highest BCUT2D eigenvalue weighted by Gasteiger charge is 2.11. The molecular formula is C10H11F3N2S. The maximum Gasteiger partial charge on any atom is 0.255 e. The third kappa shape index (κ3) is 3.10. The number of nitrogens with zero attached hydrogens (tertiary/aromatic N) is 1. The van der Waals surface area contributed by atoms with Crippen LogP contribution in [0.1, 0.15) is 5.56 Å². The third-order valence-corrected chi connectivity index (χ3v) is 2.29. The Morgan fingerprint density at radius 3 is 2.56 bits per heavy atom. The molecule has 1 aromatic carbocycles. The predicted octanol–water partition coefficient (Wildman–Crippen LogP) is 2.16. The number of anilines is 1. The predicted molar refractivity (Wildman–Crippen MR) is 61.6 cm³/mol. The lowest BCUT2D eigenvalue weighted by Gasteiger charge is -2.19. The summed E-state index contributed by atoms with van der Waals surface area (Å²) in [4.78, 5) is 1.21. The number of nitrogens with two attached hydrogens (primary N) is 1. The van der Waals surface area contributed by atoms with E-state index in [1.807, 2.05) is 0 Å². The van der Waals surface area contributed by atoms with Gasteiger partial charge in [-0.05, 0) is 18.2 Å². The van der Waals surface area contributed by atoms with Crippen molar-refractivity contribution in [1.82, 2.24) is 0 Å². The van der Waals surface area contributed by atoms with E-state index in [0.717, 1.165) is 6.07 Å². The highest BCUT2D eigenvalue weighted by atomic mass is 32.1. The van der Waals surface area contributed by atoms with Gasteiger partial charge in [-0.1, -0.05) is 12.2 Å². The molecule has 0 fully saturated rings. The molecule has 6 heteroatoms. The monoisotopic (exact) mass is 248 g/mol. The zero-order valence-electron chi connectivity index (χ0n) is 8.58. The van der Waals surface area contributed by atoms with Crippen molar-refractivity contribution in [3.05, 3.63) is 29.6 Å². The highest BCUT2D eigenvalue weighted by molar-refractivity contribution is 7.80. The van der Waals surface area contributed by atoms with Gasteiger partial charge in [-0.15, -0.1) is 0 Å². The lowest BCUT2D eigenvalue weighted by atomic mass is 10.2. The van der Waals surface area contributed by atoms with Crippen molar-refractivity contribution in [2.75, 3.05) is 18.5 Å². The fourth-order valence-electron chi connectivity index (χ4n) is 1.25. The van der Waals surface area contributed by atoms with Gasteiger partial charge in [0.25, 0.3) is 6.43 Å². The van der Waals surface area contributed by atoms with Crippen molar-refractivity contribution in [3.63, 3.8) is 0 Å². The highest BCUT2D eigenvalue weighted by Crippen LogP contribution is 2.18. The van der Waals surface area contributed by atoms with E-state index in [-0.39, 0.29) is 10.6 Å². The number of rotatable bonds is 4. The molecule has 0 aliphatic rings. The molecule has 0 heterocycles. The minimum atomic E-state index is -2.47. The van der Waals surface area contributed by atoms with Gasteiger partial charge < -0.3 is 10.6 Å². The lowest BCUT2D eigenvalue weighted by Crippen LogP contribution is -2.24. The molecule has 16 heavy (non-hydrogen) atoms. The minimum absolute atomic E-state index is 0.0550. The Bertz CT molecular complexity index is 396. The molecule has 0 radical (unpaired) electrons. The molecule has 2 N–H and O–H groups in total. The molecular weight excluding hydrogens is 237 g/mol. The van der Waals surface area contributed by atoms with E-state index in [1.54, 1.807) is 0 Å². The van der Waals surface area contributed by atoms with Crippen LogP contribution in [0.15, 0.2) is 18.2 Å². The third-order valence-electron chi connectivity index (χ3n) is 2.07. The van der Waals surface area contributed by atoms with E-state index in [2.05, 4.69) is 12.2 Å². The maximum atomic E-state index is 13.4. The Hall–Kier alpha value is -1.30. The fourth-order valence-corrected chi connectivity index (χ4v) is 1.42. The summed E-state index contributed by atoms with van der Waals surface area (Å²) >= 11 is 4.63. The standard InChI is InChI=1S/C10H11F3N2S/c1-15(5-9(12)13)6-2-3-7(10(14)16)8(11)4-6/h2-4,9H,5H2,1H3,(H2,14,16). The summed E-state index contributed by atoms with van der Waals surface area (Å²) in [5.74, 6) is -0.605. The van der Waals surface area contributed by atoms with E-state index in [0.29, 0.717) is 5.69 Å². The van der Waals surface area contributed by atoms with E-state index >= 15 is 0 Å². The normalized spacial score (nSPS) is 10.6. The van der Waals surface area contributed by atoms with Crippen molar-refractivity contribution >= 4 is 22.9 Å². The first-order chi connectivity index (χ1) is 7.41. The first-order valence-electron chi connectivity index (χ1n) is 4.50. The number of benzene rings is 1. The SMILES string of the molecule is CN(CC(F)F)c1ccc(C(N)=S)c(F)c1. The molecule has 0 saturated carbocycles. The number of alkyl halides is 2. The van der Waals surface area contributed by atoms with Crippen LogP contribution in [0.4, 0.5) is 18.9 Å². The van der Waals surface area contributed by atoms with Gasteiger partial charge in [-0.2, -0.15) is 0 Å². The first-order valence-corrected chi connectivity index (χ1v) is 4.91. The largest absolute Gasteiger partial charge is 0.389 e. The quantitative estimate of drug-likeness (QED) is 0.828. The molecule has 2 nitrogen and oxygen atoms in total. The van der Waals surface area contributed by atoms with Crippen molar-refractivity contribution in [2.24, 2.45) is 5.73 Å². The van der Waals surface area contributed by atoms with Crippen molar-refractivity contribution in [1.29, 1.82) is 0 Å². The second-order valence-corrected chi connectivity index (χ2v) is 3.74. The van der Waals surface area contributed by atoms with Crippen LogP contribution in [0.5, 0.6) is 0 Å². The van der Waals surface area contributed by atoms with Crippen molar-refractivity contribution < 1.29 is 13.2 Å². The first kappa shape index (κ1) is 12.8. The van der Waals surface area contributed by atoms with Crippen LogP contribution in [-0.2, 0) is 0 Å². The molecule has 0 aromatic heterocycles.